The zero-order valence-corrected chi connectivity index (χ0v) is 15.2. The van der Waals surface area contributed by atoms with Gasteiger partial charge in [0.1, 0.15) is 0 Å². The molecule has 3 heterocycles. The first kappa shape index (κ1) is 15.8. The van der Waals surface area contributed by atoms with Gasteiger partial charge < -0.3 is 5.73 Å². The number of hydrogen-bond acceptors (Lipinski definition) is 5. The molecule has 0 spiro atoms. The predicted octanol–water partition coefficient (Wildman–Crippen LogP) is 3.88. The van der Waals surface area contributed by atoms with Gasteiger partial charge in [-0.25, -0.2) is 9.78 Å². The first-order chi connectivity index (χ1) is 13.1. The Hall–Kier alpha value is -3.45. The fourth-order valence-corrected chi connectivity index (χ4v) is 4.65. The van der Waals surface area contributed by atoms with E-state index >= 15 is 0 Å². The molecule has 0 saturated heterocycles. The summed E-state index contributed by atoms with van der Waals surface area (Å²) in [5, 5.41) is 12.8. The molecule has 27 heavy (non-hydrogen) atoms. The van der Waals surface area contributed by atoms with Gasteiger partial charge in [0.2, 0.25) is 0 Å². The van der Waals surface area contributed by atoms with Gasteiger partial charge in [-0.3, -0.25) is 4.79 Å². The van der Waals surface area contributed by atoms with Crippen LogP contribution in [0.4, 0.5) is 5.82 Å². The molecule has 3 N–H and O–H groups in total. The van der Waals surface area contributed by atoms with Crippen molar-refractivity contribution in [1.82, 2.24) is 20.0 Å². The van der Waals surface area contributed by atoms with Crippen LogP contribution in [0.15, 0.2) is 59.4 Å². The summed E-state index contributed by atoms with van der Waals surface area (Å²) < 4.78 is 2.96. The number of aromatic amines is 1. The summed E-state index contributed by atoms with van der Waals surface area (Å²) in [6.45, 7) is 2.08. The lowest BCUT2D eigenvalue weighted by Gasteiger charge is -2.08. The Morgan fingerprint density at radius 1 is 1.07 bits per heavy atom. The van der Waals surface area contributed by atoms with E-state index in [2.05, 4.69) is 34.4 Å². The summed E-state index contributed by atoms with van der Waals surface area (Å²) in [6, 6.07) is 18.0. The van der Waals surface area contributed by atoms with E-state index in [9.17, 15) is 4.79 Å². The lowest BCUT2D eigenvalue weighted by Crippen LogP contribution is -2.10. The highest BCUT2D eigenvalue weighted by Gasteiger charge is 2.23. The number of para-hydroxylation sites is 1. The number of H-pyrrole nitrogens is 1. The first-order valence-electron chi connectivity index (χ1n) is 8.46. The molecular weight excluding hydrogens is 358 g/mol. The Morgan fingerprint density at radius 2 is 1.81 bits per heavy atom. The van der Waals surface area contributed by atoms with Crippen LogP contribution in [0, 0.1) is 6.92 Å². The number of nitrogens with zero attached hydrogens (tertiary/aromatic N) is 3. The zero-order valence-electron chi connectivity index (χ0n) is 14.4. The Bertz CT molecular complexity index is 1360. The molecular formula is C20H15N5OS. The van der Waals surface area contributed by atoms with E-state index in [-0.39, 0.29) is 11.4 Å². The first-order valence-corrected chi connectivity index (χ1v) is 9.27. The maximum absolute atomic E-state index is 12.4. The van der Waals surface area contributed by atoms with Gasteiger partial charge in [-0.05, 0) is 36.1 Å². The smallest absolute Gasteiger partial charge is 0.292 e. The molecule has 5 aromatic rings. The van der Waals surface area contributed by atoms with Crippen LogP contribution >= 0.6 is 11.3 Å². The molecule has 0 fully saturated rings. The third kappa shape index (κ3) is 2.29. The van der Waals surface area contributed by atoms with Crippen molar-refractivity contribution in [3.05, 3.63) is 70.5 Å². The van der Waals surface area contributed by atoms with E-state index in [1.165, 1.54) is 10.1 Å². The minimum Gasteiger partial charge on any atom is -0.382 e. The van der Waals surface area contributed by atoms with Crippen molar-refractivity contribution < 1.29 is 0 Å². The van der Waals surface area contributed by atoms with Gasteiger partial charge in [-0.1, -0.05) is 36.4 Å². The number of nitrogens with one attached hydrogen (secondary N) is 1. The van der Waals surface area contributed by atoms with Gasteiger partial charge in [0, 0.05) is 4.70 Å². The Kier molecular flexibility index (Phi) is 3.38. The number of nitrogens with two attached hydrogens (primary N) is 1. The fourth-order valence-electron chi connectivity index (χ4n) is 3.41. The van der Waals surface area contributed by atoms with Crippen LogP contribution in [-0.4, -0.2) is 20.0 Å². The molecule has 3 aromatic heterocycles. The quantitative estimate of drug-likeness (QED) is 0.491. The number of aromatic nitrogens is 4. The lowest BCUT2D eigenvalue weighted by molar-refractivity contribution is 0.899. The van der Waals surface area contributed by atoms with Crippen LogP contribution < -0.4 is 11.3 Å². The lowest BCUT2D eigenvalue weighted by atomic mass is 10.1. The summed E-state index contributed by atoms with van der Waals surface area (Å²) in [5.41, 5.74) is 8.90. The van der Waals surface area contributed by atoms with Gasteiger partial charge >= 0.3 is 0 Å². The predicted molar refractivity (Wildman–Crippen MR) is 109 cm³/mol. The van der Waals surface area contributed by atoms with Crippen molar-refractivity contribution in [2.75, 3.05) is 5.73 Å². The molecule has 6 nitrogen and oxygen atoms in total. The summed E-state index contributed by atoms with van der Waals surface area (Å²) in [4.78, 5) is 13.4. The Balaban J connectivity index is 1.97. The van der Waals surface area contributed by atoms with Crippen molar-refractivity contribution in [2.24, 2.45) is 0 Å². The molecule has 7 heteroatoms. The molecule has 0 aliphatic carbocycles. The van der Waals surface area contributed by atoms with Gasteiger partial charge in [-0.2, -0.15) is 10.2 Å². The Labute approximate surface area is 157 Å². The number of anilines is 1. The van der Waals surface area contributed by atoms with Gasteiger partial charge in [0.15, 0.2) is 11.3 Å². The monoisotopic (exact) mass is 373 g/mol. The molecule has 5 rings (SSSR count). The van der Waals surface area contributed by atoms with Crippen molar-refractivity contribution in [2.45, 2.75) is 6.92 Å². The number of rotatable bonds is 2. The van der Waals surface area contributed by atoms with Crippen LogP contribution in [0.25, 0.3) is 37.2 Å². The molecule has 0 amide bonds. The third-order valence-corrected chi connectivity index (χ3v) is 5.97. The molecule has 2 aromatic carbocycles. The molecule has 0 atom stereocenters. The van der Waals surface area contributed by atoms with E-state index < -0.39 is 0 Å². The topological polar surface area (TPSA) is 89.6 Å². The van der Waals surface area contributed by atoms with Crippen LogP contribution in [0.5, 0.6) is 0 Å². The summed E-state index contributed by atoms with van der Waals surface area (Å²) in [5.74, 6) is 0.263. The van der Waals surface area contributed by atoms with Crippen LogP contribution in [0.1, 0.15) is 5.56 Å². The summed E-state index contributed by atoms with van der Waals surface area (Å²) in [6.07, 6.45) is 0. The second-order valence-electron chi connectivity index (χ2n) is 6.31. The second-order valence-corrected chi connectivity index (χ2v) is 7.36. The zero-order chi connectivity index (χ0) is 18.5. The van der Waals surface area contributed by atoms with Crippen molar-refractivity contribution in [3.63, 3.8) is 0 Å². The fraction of sp³-hybridized carbons (Fsp3) is 0.0500. The van der Waals surface area contributed by atoms with E-state index in [4.69, 9.17) is 5.73 Å². The van der Waals surface area contributed by atoms with Gasteiger partial charge in [-0.15, -0.1) is 11.3 Å². The minimum absolute atomic E-state index is 0.263. The van der Waals surface area contributed by atoms with Gasteiger partial charge in [0.25, 0.3) is 5.56 Å². The largest absolute Gasteiger partial charge is 0.382 e. The SMILES string of the molecule is Cc1c(-c2c3c(N)n[nH]c(=O)c3nn2-c2ccccc2)sc2ccccc12. The molecule has 0 saturated carbocycles. The van der Waals surface area contributed by atoms with E-state index in [1.807, 2.05) is 42.5 Å². The Morgan fingerprint density at radius 3 is 2.59 bits per heavy atom. The van der Waals surface area contributed by atoms with Crippen LogP contribution in [0.2, 0.25) is 0 Å². The average Bonchev–Trinajstić information content (AvgIpc) is 3.25. The van der Waals surface area contributed by atoms with Crippen LogP contribution in [-0.2, 0) is 0 Å². The maximum Gasteiger partial charge on any atom is 0.292 e. The van der Waals surface area contributed by atoms with Crippen molar-refractivity contribution in [1.29, 1.82) is 0 Å². The molecule has 0 aliphatic heterocycles. The maximum atomic E-state index is 12.4. The average molecular weight is 373 g/mol. The van der Waals surface area contributed by atoms with E-state index in [1.54, 1.807) is 16.0 Å². The summed E-state index contributed by atoms with van der Waals surface area (Å²) >= 11 is 1.66. The van der Waals surface area contributed by atoms with E-state index in [0.29, 0.717) is 10.9 Å². The number of aryl methyl sites for hydroxylation is 1. The number of nitrogen functional groups attached to an aromatic ring is 1. The van der Waals surface area contributed by atoms with Gasteiger partial charge in [0.05, 0.1) is 21.6 Å². The van der Waals surface area contributed by atoms with Crippen molar-refractivity contribution >= 4 is 38.1 Å². The number of hydrogen-bond donors (Lipinski definition) is 2. The highest BCUT2D eigenvalue weighted by atomic mass is 32.1. The number of benzene rings is 2. The van der Waals surface area contributed by atoms with Crippen molar-refractivity contribution in [3.8, 4) is 16.3 Å². The number of fused-ring (bicyclic) bond motifs is 2. The highest BCUT2D eigenvalue weighted by Crippen LogP contribution is 2.42. The standard InChI is InChI=1S/C20H15N5OS/c1-11-13-9-5-6-10-14(13)27-18(11)17-15-16(20(26)23-22-19(15)21)24-25(17)12-7-3-2-4-8-12/h2-10H,1H3,(H2,21,22)(H,23,26). The molecule has 0 bridgehead atoms. The molecule has 0 unspecified atom stereocenters. The van der Waals surface area contributed by atoms with E-state index in [0.717, 1.165) is 21.8 Å². The minimum atomic E-state index is -0.353. The van der Waals surface area contributed by atoms with Crippen LogP contribution in [0.3, 0.4) is 0 Å². The summed E-state index contributed by atoms with van der Waals surface area (Å²) in [7, 11) is 0. The highest BCUT2D eigenvalue weighted by molar-refractivity contribution is 7.22. The normalized spacial score (nSPS) is 11.4. The molecule has 0 radical (unpaired) electrons. The second kappa shape index (κ2) is 5.78. The third-order valence-electron chi connectivity index (χ3n) is 4.69. The molecule has 132 valence electrons. The molecule has 0 aliphatic rings. The number of thiophene rings is 1.